The number of hydrogen-bond acceptors (Lipinski definition) is 4. The fourth-order valence-electron chi connectivity index (χ4n) is 4.82. The van der Waals surface area contributed by atoms with Crippen molar-refractivity contribution >= 4 is 17.2 Å². The topological polar surface area (TPSA) is 49.3 Å². The second kappa shape index (κ2) is 6.42. The Bertz CT molecular complexity index is 836. The molecule has 1 unspecified atom stereocenters. The zero-order valence-corrected chi connectivity index (χ0v) is 15.2. The van der Waals surface area contributed by atoms with Crippen LogP contribution in [-0.2, 0) is 6.42 Å². The molecule has 1 aromatic carbocycles. The third-order valence-corrected chi connectivity index (χ3v) is 6.18. The summed E-state index contributed by atoms with van der Waals surface area (Å²) in [6, 6.07) is 13.0. The standard InChI is InChI=1S/C22H26N4/c1-4-13-22(14-5-1)21(24-17-10-2-3-11-18(17)26-22)25-19-12-6-8-16-9-7-15-23-20(16)19/h2-3,7,9-11,15,19,26H,1,4-6,8,12-14H2,(H,24,25). The van der Waals surface area contributed by atoms with E-state index >= 15 is 0 Å². The van der Waals surface area contributed by atoms with Crippen LogP contribution in [0.3, 0.4) is 0 Å². The lowest BCUT2D eigenvalue weighted by Gasteiger charge is -2.44. The van der Waals surface area contributed by atoms with Gasteiger partial charge in [-0.25, -0.2) is 4.99 Å². The van der Waals surface area contributed by atoms with Crippen molar-refractivity contribution in [3.63, 3.8) is 0 Å². The summed E-state index contributed by atoms with van der Waals surface area (Å²) in [6.07, 6.45) is 11.5. The molecule has 1 aliphatic heterocycles. The van der Waals surface area contributed by atoms with Crippen molar-refractivity contribution in [3.05, 3.63) is 53.9 Å². The fraction of sp³-hybridized carbons (Fsp3) is 0.455. The Balaban J connectivity index is 1.52. The van der Waals surface area contributed by atoms with Gasteiger partial charge in [-0.3, -0.25) is 4.98 Å². The summed E-state index contributed by atoms with van der Waals surface area (Å²) in [7, 11) is 0. The number of amidine groups is 1. The minimum atomic E-state index is -0.0427. The summed E-state index contributed by atoms with van der Waals surface area (Å²) in [6.45, 7) is 0. The van der Waals surface area contributed by atoms with Crippen LogP contribution >= 0.6 is 0 Å². The van der Waals surface area contributed by atoms with E-state index in [4.69, 9.17) is 9.98 Å². The lowest BCUT2D eigenvalue weighted by atomic mass is 9.78. The molecule has 1 aromatic heterocycles. The fourth-order valence-corrected chi connectivity index (χ4v) is 4.82. The summed E-state index contributed by atoms with van der Waals surface area (Å²) in [5.41, 5.74) is 4.77. The SMILES string of the molecule is c1cnc2c(c1)CCCC2NC1=Nc2ccccc2NC12CCCCC2. The van der Waals surface area contributed by atoms with Gasteiger partial charge < -0.3 is 10.6 Å². The quantitative estimate of drug-likeness (QED) is 0.771. The van der Waals surface area contributed by atoms with E-state index in [0.717, 1.165) is 37.2 Å². The maximum atomic E-state index is 5.10. The van der Waals surface area contributed by atoms with Crippen LogP contribution in [0.1, 0.15) is 62.2 Å². The normalized spacial score (nSPS) is 23.4. The molecule has 1 atom stereocenters. The molecule has 0 radical (unpaired) electrons. The Morgan fingerprint density at radius 3 is 2.81 bits per heavy atom. The number of rotatable bonds is 1. The molecular formula is C22H26N4. The third kappa shape index (κ3) is 2.68. The van der Waals surface area contributed by atoms with Crippen LogP contribution in [0.15, 0.2) is 47.6 Å². The van der Waals surface area contributed by atoms with Crippen molar-refractivity contribution in [3.8, 4) is 0 Å². The molecule has 0 saturated heterocycles. The molecule has 1 fully saturated rings. The van der Waals surface area contributed by atoms with Crippen molar-refractivity contribution in [2.45, 2.75) is 62.9 Å². The van der Waals surface area contributed by atoms with Crippen LogP contribution in [0.25, 0.3) is 0 Å². The predicted molar refractivity (Wildman–Crippen MR) is 106 cm³/mol. The van der Waals surface area contributed by atoms with Gasteiger partial charge in [-0.15, -0.1) is 0 Å². The number of hydrogen-bond donors (Lipinski definition) is 2. The van der Waals surface area contributed by atoms with Gasteiger partial charge in [0.15, 0.2) is 0 Å². The van der Waals surface area contributed by atoms with Crippen LogP contribution in [0.2, 0.25) is 0 Å². The van der Waals surface area contributed by atoms with Gasteiger partial charge in [-0.2, -0.15) is 0 Å². The summed E-state index contributed by atoms with van der Waals surface area (Å²) in [5.74, 6) is 1.12. The summed E-state index contributed by atoms with van der Waals surface area (Å²) in [5, 5.41) is 7.70. The molecule has 0 amide bonds. The highest BCUT2D eigenvalue weighted by Gasteiger charge is 2.41. The number of benzene rings is 1. The predicted octanol–water partition coefficient (Wildman–Crippen LogP) is 4.91. The van der Waals surface area contributed by atoms with E-state index in [1.807, 2.05) is 6.20 Å². The van der Waals surface area contributed by atoms with Gasteiger partial charge in [-0.1, -0.05) is 37.5 Å². The number of nitrogens with one attached hydrogen (secondary N) is 2. The molecule has 134 valence electrons. The Labute approximate surface area is 155 Å². The first-order valence-corrected chi connectivity index (χ1v) is 10.0. The molecule has 26 heavy (non-hydrogen) atoms. The smallest absolute Gasteiger partial charge is 0.129 e. The highest BCUT2D eigenvalue weighted by Crippen LogP contribution is 2.41. The number of aromatic nitrogens is 1. The van der Waals surface area contributed by atoms with Crippen molar-refractivity contribution < 1.29 is 0 Å². The lowest BCUT2D eigenvalue weighted by Crippen LogP contribution is -2.55. The number of nitrogens with zero attached hydrogens (tertiary/aromatic N) is 2. The molecule has 0 bridgehead atoms. The molecule has 1 saturated carbocycles. The summed E-state index contributed by atoms with van der Waals surface area (Å²) < 4.78 is 0. The summed E-state index contributed by atoms with van der Waals surface area (Å²) >= 11 is 0. The largest absolute Gasteiger partial charge is 0.371 e. The van der Waals surface area contributed by atoms with E-state index in [-0.39, 0.29) is 11.6 Å². The van der Waals surface area contributed by atoms with E-state index in [1.54, 1.807) is 0 Å². The number of aliphatic imine (C=N–C) groups is 1. The van der Waals surface area contributed by atoms with Crippen LogP contribution in [0.4, 0.5) is 11.4 Å². The minimum Gasteiger partial charge on any atom is -0.371 e. The van der Waals surface area contributed by atoms with E-state index in [1.165, 1.54) is 42.6 Å². The van der Waals surface area contributed by atoms with Crippen LogP contribution < -0.4 is 10.6 Å². The molecule has 3 aliphatic rings. The Kier molecular flexibility index (Phi) is 3.92. The average molecular weight is 346 g/mol. The molecule has 2 heterocycles. The summed E-state index contributed by atoms with van der Waals surface area (Å²) in [4.78, 5) is 9.81. The molecule has 4 heteroatoms. The maximum absolute atomic E-state index is 5.10. The molecule has 4 nitrogen and oxygen atoms in total. The lowest BCUT2D eigenvalue weighted by molar-refractivity contribution is 0.387. The van der Waals surface area contributed by atoms with Crippen LogP contribution in [0.5, 0.6) is 0 Å². The number of para-hydroxylation sites is 2. The van der Waals surface area contributed by atoms with Gasteiger partial charge in [0, 0.05) is 6.20 Å². The molecule has 2 aliphatic carbocycles. The zero-order chi connectivity index (χ0) is 17.4. The molecule has 1 spiro atoms. The van der Waals surface area contributed by atoms with Gasteiger partial charge >= 0.3 is 0 Å². The second-order valence-electron chi connectivity index (χ2n) is 7.88. The Morgan fingerprint density at radius 2 is 1.88 bits per heavy atom. The van der Waals surface area contributed by atoms with Gasteiger partial charge in [0.25, 0.3) is 0 Å². The molecule has 5 rings (SSSR count). The van der Waals surface area contributed by atoms with E-state index in [2.05, 4.69) is 47.0 Å². The highest BCUT2D eigenvalue weighted by molar-refractivity contribution is 6.00. The minimum absolute atomic E-state index is 0.0427. The highest BCUT2D eigenvalue weighted by atomic mass is 15.2. The van der Waals surface area contributed by atoms with Gasteiger partial charge in [0.2, 0.25) is 0 Å². The number of pyridine rings is 1. The van der Waals surface area contributed by atoms with Crippen LogP contribution in [0, 0.1) is 0 Å². The molecule has 2 aromatic rings. The molecular weight excluding hydrogens is 320 g/mol. The average Bonchev–Trinajstić information content (AvgIpc) is 2.69. The maximum Gasteiger partial charge on any atom is 0.129 e. The van der Waals surface area contributed by atoms with E-state index in [0.29, 0.717) is 0 Å². The first-order chi connectivity index (χ1) is 12.8. The van der Waals surface area contributed by atoms with Gasteiger partial charge in [0.05, 0.1) is 28.6 Å². The van der Waals surface area contributed by atoms with Gasteiger partial charge in [-0.05, 0) is 55.9 Å². The van der Waals surface area contributed by atoms with Gasteiger partial charge in [0.1, 0.15) is 5.84 Å². The van der Waals surface area contributed by atoms with E-state index in [9.17, 15) is 0 Å². The van der Waals surface area contributed by atoms with Crippen molar-refractivity contribution in [2.24, 2.45) is 4.99 Å². The van der Waals surface area contributed by atoms with Crippen molar-refractivity contribution in [2.75, 3.05) is 5.32 Å². The van der Waals surface area contributed by atoms with Crippen LogP contribution in [-0.4, -0.2) is 16.4 Å². The third-order valence-electron chi connectivity index (χ3n) is 6.18. The van der Waals surface area contributed by atoms with Crippen molar-refractivity contribution in [1.29, 1.82) is 0 Å². The number of aryl methyl sites for hydroxylation is 1. The van der Waals surface area contributed by atoms with Crippen molar-refractivity contribution in [1.82, 2.24) is 10.3 Å². The zero-order valence-electron chi connectivity index (χ0n) is 15.2. The van der Waals surface area contributed by atoms with E-state index < -0.39 is 0 Å². The molecule has 2 N–H and O–H groups in total. The number of anilines is 1. The Morgan fingerprint density at radius 1 is 1.00 bits per heavy atom. The Hall–Kier alpha value is -2.36. The first kappa shape index (κ1) is 15.9. The second-order valence-corrected chi connectivity index (χ2v) is 7.88. The first-order valence-electron chi connectivity index (χ1n) is 10.0. The monoisotopic (exact) mass is 346 g/mol. The number of fused-ring (bicyclic) bond motifs is 2.